The van der Waals surface area contributed by atoms with E-state index in [2.05, 4.69) is 5.32 Å². The molecule has 2 amide bonds. The number of esters is 2. The van der Waals surface area contributed by atoms with Gasteiger partial charge in [0.05, 0.1) is 19.4 Å². The summed E-state index contributed by atoms with van der Waals surface area (Å²) in [7, 11) is 1.35. The van der Waals surface area contributed by atoms with Gasteiger partial charge in [-0.1, -0.05) is 18.2 Å². The SMILES string of the molecule is COC(=O)C1CCN(C(=O)COC(=O)CCNC(=O)c2ccccc2C)CC1. The van der Waals surface area contributed by atoms with Crippen molar-refractivity contribution < 1.29 is 28.7 Å². The first-order valence-corrected chi connectivity index (χ1v) is 9.27. The molecule has 0 aromatic heterocycles. The van der Waals surface area contributed by atoms with Gasteiger partial charge in [0.1, 0.15) is 0 Å². The van der Waals surface area contributed by atoms with Gasteiger partial charge in [-0.2, -0.15) is 0 Å². The summed E-state index contributed by atoms with van der Waals surface area (Å²) >= 11 is 0. The van der Waals surface area contributed by atoms with Crippen molar-refractivity contribution in [2.75, 3.05) is 33.4 Å². The van der Waals surface area contributed by atoms with Crippen molar-refractivity contribution >= 4 is 23.8 Å². The number of ether oxygens (including phenoxy) is 2. The molecule has 1 aliphatic rings. The fraction of sp³-hybridized carbons (Fsp3) is 0.500. The summed E-state index contributed by atoms with van der Waals surface area (Å²) in [5.74, 6) is -1.54. The van der Waals surface area contributed by atoms with Crippen molar-refractivity contribution in [2.45, 2.75) is 26.2 Å². The Morgan fingerprint density at radius 3 is 2.46 bits per heavy atom. The first kappa shape index (κ1) is 21.4. The lowest BCUT2D eigenvalue weighted by Crippen LogP contribution is -2.42. The summed E-state index contributed by atoms with van der Waals surface area (Å²) in [5.41, 5.74) is 1.41. The number of piperidine rings is 1. The highest BCUT2D eigenvalue weighted by Crippen LogP contribution is 2.18. The summed E-state index contributed by atoms with van der Waals surface area (Å²) in [4.78, 5) is 49.0. The van der Waals surface area contributed by atoms with Gasteiger partial charge in [0.2, 0.25) is 0 Å². The number of carbonyl (C=O) groups excluding carboxylic acids is 4. The van der Waals surface area contributed by atoms with E-state index in [9.17, 15) is 19.2 Å². The lowest BCUT2D eigenvalue weighted by atomic mass is 9.97. The Kier molecular flexibility index (Phi) is 7.98. The maximum Gasteiger partial charge on any atom is 0.308 e. The average molecular weight is 390 g/mol. The van der Waals surface area contributed by atoms with E-state index in [0.29, 0.717) is 31.5 Å². The monoisotopic (exact) mass is 390 g/mol. The van der Waals surface area contributed by atoms with Gasteiger partial charge in [-0.3, -0.25) is 19.2 Å². The molecule has 1 fully saturated rings. The zero-order valence-corrected chi connectivity index (χ0v) is 16.2. The molecule has 8 heteroatoms. The van der Waals surface area contributed by atoms with E-state index in [-0.39, 0.29) is 43.3 Å². The first-order chi connectivity index (χ1) is 13.4. The van der Waals surface area contributed by atoms with Gasteiger partial charge in [-0.05, 0) is 31.4 Å². The van der Waals surface area contributed by atoms with Crippen LogP contribution in [0, 0.1) is 12.8 Å². The molecule has 0 saturated carbocycles. The van der Waals surface area contributed by atoms with E-state index >= 15 is 0 Å². The molecule has 1 aromatic carbocycles. The predicted octanol–water partition coefficient (Wildman–Crippen LogP) is 1.07. The highest BCUT2D eigenvalue weighted by molar-refractivity contribution is 5.95. The van der Waals surface area contributed by atoms with Crippen LogP contribution in [-0.4, -0.2) is 62.0 Å². The fourth-order valence-electron chi connectivity index (χ4n) is 3.04. The third kappa shape index (κ3) is 6.07. The van der Waals surface area contributed by atoms with Crippen molar-refractivity contribution in [3.05, 3.63) is 35.4 Å². The first-order valence-electron chi connectivity index (χ1n) is 9.27. The number of amides is 2. The molecule has 0 aliphatic carbocycles. The number of aryl methyl sites for hydroxylation is 1. The van der Waals surface area contributed by atoms with Gasteiger partial charge >= 0.3 is 11.9 Å². The zero-order valence-electron chi connectivity index (χ0n) is 16.2. The van der Waals surface area contributed by atoms with Crippen LogP contribution in [0.2, 0.25) is 0 Å². The molecule has 1 aliphatic heterocycles. The highest BCUT2D eigenvalue weighted by atomic mass is 16.5. The molecule has 8 nitrogen and oxygen atoms in total. The van der Waals surface area contributed by atoms with Gasteiger partial charge in [-0.15, -0.1) is 0 Å². The van der Waals surface area contributed by atoms with Crippen LogP contribution in [-0.2, 0) is 23.9 Å². The topological polar surface area (TPSA) is 102 Å². The molecule has 1 N–H and O–H groups in total. The number of hydrogen-bond acceptors (Lipinski definition) is 6. The zero-order chi connectivity index (χ0) is 20.5. The Balaban J connectivity index is 1.64. The van der Waals surface area contributed by atoms with Crippen LogP contribution < -0.4 is 5.32 Å². The van der Waals surface area contributed by atoms with Crippen molar-refractivity contribution in [1.82, 2.24) is 10.2 Å². The van der Waals surface area contributed by atoms with Crippen LogP contribution in [0.5, 0.6) is 0 Å². The minimum absolute atomic E-state index is 0.0185. The molecule has 1 heterocycles. The number of rotatable bonds is 7. The average Bonchev–Trinajstić information content (AvgIpc) is 2.71. The second-order valence-electron chi connectivity index (χ2n) is 6.66. The molecular formula is C20H26N2O6. The Hall–Kier alpha value is -2.90. The van der Waals surface area contributed by atoms with Gasteiger partial charge in [0.15, 0.2) is 6.61 Å². The fourth-order valence-corrected chi connectivity index (χ4v) is 3.04. The number of likely N-dealkylation sites (tertiary alicyclic amines) is 1. The third-order valence-corrected chi connectivity index (χ3v) is 4.74. The second kappa shape index (κ2) is 10.4. The predicted molar refractivity (Wildman–Crippen MR) is 100 cm³/mol. The molecule has 0 radical (unpaired) electrons. The Bertz CT molecular complexity index is 725. The van der Waals surface area contributed by atoms with E-state index < -0.39 is 5.97 Å². The molecule has 0 unspecified atom stereocenters. The smallest absolute Gasteiger partial charge is 0.308 e. The number of hydrogen-bond donors (Lipinski definition) is 1. The molecule has 1 saturated heterocycles. The van der Waals surface area contributed by atoms with Crippen molar-refractivity contribution in [1.29, 1.82) is 0 Å². The van der Waals surface area contributed by atoms with Crippen LogP contribution >= 0.6 is 0 Å². The molecule has 152 valence electrons. The Morgan fingerprint density at radius 1 is 1.14 bits per heavy atom. The Labute approximate surface area is 164 Å². The van der Waals surface area contributed by atoms with Gasteiger partial charge < -0.3 is 19.7 Å². The van der Waals surface area contributed by atoms with E-state index in [1.807, 2.05) is 19.1 Å². The number of benzene rings is 1. The van der Waals surface area contributed by atoms with Gasteiger partial charge in [0, 0.05) is 25.2 Å². The Morgan fingerprint density at radius 2 is 1.82 bits per heavy atom. The maximum absolute atomic E-state index is 12.1. The van der Waals surface area contributed by atoms with Gasteiger partial charge in [0.25, 0.3) is 11.8 Å². The minimum Gasteiger partial charge on any atom is -0.469 e. The van der Waals surface area contributed by atoms with Crippen LogP contribution in [0.15, 0.2) is 24.3 Å². The van der Waals surface area contributed by atoms with E-state index in [1.54, 1.807) is 17.0 Å². The molecule has 1 aromatic rings. The number of carbonyl (C=O) groups is 4. The molecule has 0 spiro atoms. The number of methoxy groups -OCH3 is 1. The van der Waals surface area contributed by atoms with Crippen molar-refractivity contribution in [3.63, 3.8) is 0 Å². The summed E-state index contributed by atoms with van der Waals surface area (Å²) in [5, 5.41) is 2.66. The molecule has 0 bridgehead atoms. The quantitative estimate of drug-likeness (QED) is 0.699. The maximum atomic E-state index is 12.1. The summed E-state index contributed by atoms with van der Waals surface area (Å²) in [6.45, 7) is 2.49. The van der Waals surface area contributed by atoms with Crippen LogP contribution in [0.4, 0.5) is 0 Å². The van der Waals surface area contributed by atoms with Crippen LogP contribution in [0.1, 0.15) is 35.2 Å². The van der Waals surface area contributed by atoms with E-state index in [4.69, 9.17) is 9.47 Å². The summed E-state index contributed by atoms with van der Waals surface area (Å²) < 4.78 is 9.70. The normalized spacial score (nSPS) is 14.3. The summed E-state index contributed by atoms with van der Waals surface area (Å²) in [6.07, 6.45) is 1.06. The molecule has 28 heavy (non-hydrogen) atoms. The van der Waals surface area contributed by atoms with Crippen molar-refractivity contribution in [2.24, 2.45) is 5.92 Å². The van der Waals surface area contributed by atoms with Crippen LogP contribution in [0.3, 0.4) is 0 Å². The summed E-state index contributed by atoms with van der Waals surface area (Å²) in [6, 6.07) is 7.17. The second-order valence-corrected chi connectivity index (χ2v) is 6.66. The minimum atomic E-state index is -0.553. The molecule has 0 atom stereocenters. The number of nitrogens with one attached hydrogen (secondary N) is 1. The molecular weight excluding hydrogens is 364 g/mol. The van der Waals surface area contributed by atoms with Crippen molar-refractivity contribution in [3.8, 4) is 0 Å². The molecule has 2 rings (SSSR count). The van der Waals surface area contributed by atoms with Gasteiger partial charge in [-0.25, -0.2) is 0 Å². The number of nitrogens with zero attached hydrogens (tertiary/aromatic N) is 1. The van der Waals surface area contributed by atoms with E-state index in [0.717, 1.165) is 5.56 Å². The largest absolute Gasteiger partial charge is 0.469 e. The standard InChI is InChI=1S/C20H26N2O6/c1-14-5-3-4-6-16(14)19(25)21-10-7-18(24)28-13-17(23)22-11-8-15(9-12-22)20(26)27-2/h3-6,15H,7-13H2,1-2H3,(H,21,25). The lowest BCUT2D eigenvalue weighted by molar-refractivity contribution is -0.154. The lowest BCUT2D eigenvalue weighted by Gasteiger charge is -2.30. The van der Waals surface area contributed by atoms with E-state index in [1.165, 1.54) is 7.11 Å². The third-order valence-electron chi connectivity index (χ3n) is 4.74. The highest BCUT2D eigenvalue weighted by Gasteiger charge is 2.28. The van der Waals surface area contributed by atoms with Crippen LogP contribution in [0.25, 0.3) is 0 Å².